The summed E-state index contributed by atoms with van der Waals surface area (Å²) in [7, 11) is 2.90. The van der Waals surface area contributed by atoms with Crippen LogP contribution in [-0.2, 0) is 16.1 Å². The normalized spacial score (nSPS) is 10.8. The fraction of sp³-hybridized carbons (Fsp3) is 0.250. The predicted octanol–water partition coefficient (Wildman–Crippen LogP) is 3.34. The topological polar surface area (TPSA) is 126 Å². The van der Waals surface area contributed by atoms with Gasteiger partial charge in [-0.3, -0.25) is 24.3 Å². The van der Waals surface area contributed by atoms with E-state index < -0.39 is 10.8 Å². The van der Waals surface area contributed by atoms with Crippen molar-refractivity contribution in [3.8, 4) is 5.75 Å². The Morgan fingerprint density at radius 2 is 2.06 bits per heavy atom. The van der Waals surface area contributed by atoms with Crippen LogP contribution in [0.2, 0.25) is 5.02 Å². The van der Waals surface area contributed by atoms with E-state index in [1.165, 1.54) is 37.0 Å². The van der Waals surface area contributed by atoms with Gasteiger partial charge in [-0.05, 0) is 30.3 Å². The summed E-state index contributed by atoms with van der Waals surface area (Å²) in [6.07, 6.45) is 0. The van der Waals surface area contributed by atoms with Gasteiger partial charge in [-0.15, -0.1) is 0 Å². The number of anilines is 1. The van der Waals surface area contributed by atoms with E-state index in [0.717, 1.165) is 11.8 Å². The van der Waals surface area contributed by atoms with Gasteiger partial charge in [0.2, 0.25) is 5.91 Å². The molecule has 1 N–H and O–H groups in total. The summed E-state index contributed by atoms with van der Waals surface area (Å²) in [4.78, 5) is 40.6. The molecule has 3 aromatic rings. The third-order valence-electron chi connectivity index (χ3n) is 4.41. The number of nitro groups is 1. The summed E-state index contributed by atoms with van der Waals surface area (Å²) < 4.78 is 11.5. The summed E-state index contributed by atoms with van der Waals surface area (Å²) >= 11 is 7.05. The maximum Gasteiger partial charge on any atom is 0.296 e. The minimum Gasteiger partial charge on any atom is -0.496 e. The average molecular weight is 479 g/mol. The molecule has 1 heterocycles. The van der Waals surface area contributed by atoms with Gasteiger partial charge in [-0.1, -0.05) is 23.4 Å². The standard InChI is InChI=1S/C20H19ClN4O6S/c1-30-8-7-24-19(27)14-5-3-12(21)9-16(14)23-20(24)32-11-18(26)22-15-6-4-13(31-2)10-17(15)25(28)29/h3-6,9-10H,7-8,11H2,1-2H3,(H,22,26). The molecule has 1 aromatic heterocycles. The first-order chi connectivity index (χ1) is 15.3. The summed E-state index contributed by atoms with van der Waals surface area (Å²) in [5.74, 6) is -0.332. The van der Waals surface area contributed by atoms with Crippen LogP contribution in [0, 0.1) is 10.1 Å². The molecule has 0 bridgehead atoms. The van der Waals surface area contributed by atoms with Gasteiger partial charge < -0.3 is 14.8 Å². The molecule has 1 amide bonds. The maximum absolute atomic E-state index is 12.9. The number of thioether (sulfide) groups is 1. The van der Waals surface area contributed by atoms with Gasteiger partial charge in [0.15, 0.2) is 5.16 Å². The van der Waals surface area contributed by atoms with Crippen molar-refractivity contribution in [3.05, 3.63) is 61.9 Å². The molecule has 0 aliphatic carbocycles. The van der Waals surface area contributed by atoms with Gasteiger partial charge in [-0.2, -0.15) is 0 Å². The van der Waals surface area contributed by atoms with Gasteiger partial charge in [-0.25, -0.2) is 4.98 Å². The van der Waals surface area contributed by atoms with Crippen molar-refractivity contribution in [2.45, 2.75) is 11.7 Å². The number of fused-ring (bicyclic) bond motifs is 1. The van der Waals surface area contributed by atoms with Crippen LogP contribution in [0.1, 0.15) is 0 Å². The number of methoxy groups -OCH3 is 2. The smallest absolute Gasteiger partial charge is 0.296 e. The molecule has 2 aromatic carbocycles. The minimum atomic E-state index is -0.609. The summed E-state index contributed by atoms with van der Waals surface area (Å²) in [6, 6.07) is 8.90. The van der Waals surface area contributed by atoms with Crippen LogP contribution >= 0.6 is 23.4 Å². The number of halogens is 1. The first-order valence-corrected chi connectivity index (χ1v) is 10.6. The number of aromatic nitrogens is 2. The number of carbonyl (C=O) groups excluding carboxylic acids is 1. The first-order valence-electron chi connectivity index (χ1n) is 9.28. The molecular weight excluding hydrogens is 460 g/mol. The third kappa shape index (κ3) is 5.36. The Balaban J connectivity index is 1.84. The van der Waals surface area contributed by atoms with Crippen molar-refractivity contribution in [3.63, 3.8) is 0 Å². The summed E-state index contributed by atoms with van der Waals surface area (Å²) in [5.41, 5.74) is -0.128. The second-order valence-corrected chi connectivity index (χ2v) is 7.86. The number of nitrogens with zero attached hydrogens (tertiary/aromatic N) is 3. The summed E-state index contributed by atoms with van der Waals surface area (Å²) in [5, 5.41) is 15.0. The van der Waals surface area contributed by atoms with E-state index in [-0.39, 0.29) is 35.8 Å². The third-order valence-corrected chi connectivity index (χ3v) is 5.62. The van der Waals surface area contributed by atoms with Gasteiger partial charge >= 0.3 is 0 Å². The van der Waals surface area contributed by atoms with Crippen LogP contribution in [0.5, 0.6) is 5.75 Å². The Kier molecular flexibility index (Phi) is 7.67. The van der Waals surface area contributed by atoms with E-state index in [1.807, 2.05) is 0 Å². The number of nitrogens with one attached hydrogen (secondary N) is 1. The number of ether oxygens (including phenoxy) is 2. The van der Waals surface area contributed by atoms with Gasteiger partial charge in [0.1, 0.15) is 11.4 Å². The van der Waals surface area contributed by atoms with Crippen LogP contribution < -0.4 is 15.6 Å². The number of nitro benzene ring substituents is 1. The average Bonchev–Trinajstić information content (AvgIpc) is 2.77. The fourth-order valence-corrected chi connectivity index (χ4v) is 3.87. The molecule has 32 heavy (non-hydrogen) atoms. The number of carbonyl (C=O) groups is 1. The van der Waals surface area contributed by atoms with Crippen LogP contribution in [0.15, 0.2) is 46.3 Å². The van der Waals surface area contributed by atoms with Crippen molar-refractivity contribution < 1.29 is 19.2 Å². The fourth-order valence-electron chi connectivity index (χ4n) is 2.88. The molecule has 0 unspecified atom stereocenters. The number of benzene rings is 2. The molecular formula is C20H19ClN4O6S. The van der Waals surface area contributed by atoms with Gasteiger partial charge in [0, 0.05) is 12.1 Å². The van der Waals surface area contributed by atoms with Crippen LogP contribution in [0.3, 0.4) is 0 Å². The molecule has 0 saturated carbocycles. The molecule has 0 atom stereocenters. The van der Waals surface area contributed by atoms with Crippen molar-refractivity contribution in [2.75, 3.05) is 31.9 Å². The highest BCUT2D eigenvalue weighted by atomic mass is 35.5. The number of hydrogen-bond donors (Lipinski definition) is 1. The first kappa shape index (κ1) is 23.5. The lowest BCUT2D eigenvalue weighted by atomic mass is 10.2. The second kappa shape index (κ2) is 10.4. The molecule has 10 nitrogen and oxygen atoms in total. The molecule has 0 aliphatic rings. The largest absolute Gasteiger partial charge is 0.496 e. The zero-order valence-corrected chi connectivity index (χ0v) is 18.7. The highest BCUT2D eigenvalue weighted by molar-refractivity contribution is 7.99. The lowest BCUT2D eigenvalue weighted by Crippen LogP contribution is -2.26. The van der Waals surface area contributed by atoms with Gasteiger partial charge in [0.05, 0.1) is 47.9 Å². The minimum absolute atomic E-state index is 0.0384. The molecule has 0 spiro atoms. The van der Waals surface area contributed by atoms with Crippen LogP contribution in [0.4, 0.5) is 11.4 Å². The van der Waals surface area contributed by atoms with Crippen LogP contribution in [-0.4, -0.2) is 47.0 Å². The number of rotatable bonds is 9. The van der Waals surface area contributed by atoms with Crippen molar-refractivity contribution >= 4 is 51.5 Å². The van der Waals surface area contributed by atoms with Gasteiger partial charge in [0.25, 0.3) is 11.2 Å². The molecule has 0 saturated heterocycles. The molecule has 168 valence electrons. The summed E-state index contributed by atoms with van der Waals surface area (Å²) in [6.45, 7) is 0.521. The van der Waals surface area contributed by atoms with Crippen molar-refractivity contribution in [2.24, 2.45) is 0 Å². The Hall–Kier alpha value is -3.15. The van der Waals surface area contributed by atoms with E-state index in [2.05, 4.69) is 10.3 Å². The monoisotopic (exact) mass is 478 g/mol. The zero-order chi connectivity index (χ0) is 23.3. The highest BCUT2D eigenvalue weighted by Crippen LogP contribution is 2.29. The van der Waals surface area contributed by atoms with Crippen molar-refractivity contribution in [1.82, 2.24) is 9.55 Å². The second-order valence-electron chi connectivity index (χ2n) is 6.48. The molecule has 0 fully saturated rings. The Labute approximate surface area is 191 Å². The predicted molar refractivity (Wildman–Crippen MR) is 122 cm³/mol. The molecule has 0 radical (unpaired) electrons. The van der Waals surface area contributed by atoms with E-state index in [9.17, 15) is 19.7 Å². The van der Waals surface area contributed by atoms with E-state index in [0.29, 0.717) is 26.8 Å². The molecule has 3 rings (SSSR count). The lowest BCUT2D eigenvalue weighted by Gasteiger charge is -2.13. The SMILES string of the molecule is COCCn1c(SCC(=O)Nc2ccc(OC)cc2[N+](=O)[O-])nc2cc(Cl)ccc2c1=O. The molecule has 12 heteroatoms. The zero-order valence-electron chi connectivity index (χ0n) is 17.2. The van der Waals surface area contributed by atoms with E-state index in [1.54, 1.807) is 18.2 Å². The van der Waals surface area contributed by atoms with Crippen LogP contribution in [0.25, 0.3) is 10.9 Å². The maximum atomic E-state index is 12.9. The quantitative estimate of drug-likeness (QED) is 0.215. The number of amides is 1. The lowest BCUT2D eigenvalue weighted by molar-refractivity contribution is -0.384. The van der Waals surface area contributed by atoms with E-state index in [4.69, 9.17) is 21.1 Å². The Morgan fingerprint density at radius 1 is 1.28 bits per heavy atom. The Morgan fingerprint density at radius 3 is 2.75 bits per heavy atom. The molecule has 0 aliphatic heterocycles. The number of hydrogen-bond acceptors (Lipinski definition) is 8. The van der Waals surface area contributed by atoms with E-state index >= 15 is 0 Å². The highest BCUT2D eigenvalue weighted by Gasteiger charge is 2.19. The Bertz CT molecular complexity index is 1230. The van der Waals surface area contributed by atoms with Crippen molar-refractivity contribution in [1.29, 1.82) is 0 Å².